The van der Waals surface area contributed by atoms with Crippen LogP contribution in [0, 0.1) is 0 Å². The van der Waals surface area contributed by atoms with E-state index in [1.807, 2.05) is 23.1 Å². The van der Waals surface area contributed by atoms with E-state index in [0.717, 1.165) is 30.8 Å². The maximum atomic E-state index is 12.9. The number of hydrogen-bond donors (Lipinski definition) is 1. The molecule has 2 aromatic carbocycles. The normalized spacial score (nSPS) is 13.1. The molecule has 3 aromatic rings. The molecule has 0 unspecified atom stereocenters. The molecule has 4 rings (SSSR count). The summed E-state index contributed by atoms with van der Waals surface area (Å²) < 4.78 is 5.75. The Kier molecular flexibility index (Phi) is 6.84. The molecule has 1 aliphatic heterocycles. The van der Waals surface area contributed by atoms with E-state index in [2.05, 4.69) is 10.3 Å². The molecule has 158 valence electrons. The Labute approximate surface area is 185 Å². The number of nitrogens with one attached hydrogen (secondary N) is 1. The van der Waals surface area contributed by atoms with E-state index in [9.17, 15) is 9.59 Å². The van der Waals surface area contributed by atoms with Crippen molar-refractivity contribution < 1.29 is 14.3 Å². The van der Waals surface area contributed by atoms with E-state index in [-0.39, 0.29) is 11.8 Å². The van der Waals surface area contributed by atoms with Crippen LogP contribution in [0.3, 0.4) is 0 Å². The zero-order valence-electron chi connectivity index (χ0n) is 17.0. The third-order valence-corrected chi connectivity index (χ3v) is 6.00. The van der Waals surface area contributed by atoms with Crippen LogP contribution >= 0.6 is 11.8 Å². The second-order valence-electron chi connectivity index (χ2n) is 7.14. The molecule has 31 heavy (non-hydrogen) atoms. The Morgan fingerprint density at radius 2 is 1.61 bits per heavy atom. The number of ether oxygens (including phenoxy) is 1. The Hall–Kier alpha value is -3.32. The number of aromatic nitrogens is 1. The predicted octanol–water partition coefficient (Wildman–Crippen LogP) is 4.84. The van der Waals surface area contributed by atoms with Crippen molar-refractivity contribution in [2.24, 2.45) is 0 Å². The van der Waals surface area contributed by atoms with Gasteiger partial charge in [0.15, 0.2) is 0 Å². The van der Waals surface area contributed by atoms with Crippen LogP contribution in [0.4, 0.5) is 5.69 Å². The standard InChI is InChI=1S/C24H23N3O3S/c28-23(27-15-3-4-16-27)17-31-22-6-2-1-5-21(22)24(29)26-18-7-9-19(10-8-18)30-20-11-13-25-14-12-20/h1-2,5-14H,3-4,15-17H2,(H,26,29). The molecule has 2 amide bonds. The quantitative estimate of drug-likeness (QED) is 0.540. The first-order valence-corrected chi connectivity index (χ1v) is 11.2. The topological polar surface area (TPSA) is 71.5 Å². The van der Waals surface area contributed by atoms with Crippen molar-refractivity contribution in [3.05, 3.63) is 78.6 Å². The highest BCUT2D eigenvalue weighted by Crippen LogP contribution is 2.26. The maximum absolute atomic E-state index is 12.9. The summed E-state index contributed by atoms with van der Waals surface area (Å²) >= 11 is 1.41. The smallest absolute Gasteiger partial charge is 0.256 e. The molecule has 1 aliphatic rings. The van der Waals surface area contributed by atoms with Crippen LogP contribution < -0.4 is 10.1 Å². The SMILES string of the molecule is O=C(Nc1ccc(Oc2ccncc2)cc1)c1ccccc1SCC(=O)N1CCCC1. The van der Waals surface area contributed by atoms with E-state index in [4.69, 9.17) is 4.74 Å². The maximum Gasteiger partial charge on any atom is 0.256 e. The minimum absolute atomic E-state index is 0.127. The zero-order valence-corrected chi connectivity index (χ0v) is 17.8. The average Bonchev–Trinajstić information content (AvgIpc) is 3.35. The van der Waals surface area contributed by atoms with Crippen LogP contribution in [0.5, 0.6) is 11.5 Å². The molecular weight excluding hydrogens is 410 g/mol. The fraction of sp³-hybridized carbons (Fsp3) is 0.208. The number of carbonyl (C=O) groups is 2. The summed E-state index contributed by atoms with van der Waals surface area (Å²) in [4.78, 5) is 31.8. The zero-order chi connectivity index (χ0) is 21.5. The minimum atomic E-state index is -0.209. The molecule has 1 aromatic heterocycles. The van der Waals surface area contributed by atoms with Crippen molar-refractivity contribution >= 4 is 29.3 Å². The van der Waals surface area contributed by atoms with Crippen LogP contribution in [-0.2, 0) is 4.79 Å². The number of hydrogen-bond acceptors (Lipinski definition) is 5. The molecule has 1 N–H and O–H groups in total. The van der Waals surface area contributed by atoms with Crippen molar-refractivity contribution in [2.75, 3.05) is 24.2 Å². The molecular formula is C24H23N3O3S. The summed E-state index contributed by atoms with van der Waals surface area (Å²) in [6.07, 6.45) is 5.47. The average molecular weight is 434 g/mol. The molecule has 0 aliphatic carbocycles. The summed E-state index contributed by atoms with van der Waals surface area (Å²) in [6, 6.07) is 18.1. The number of thioether (sulfide) groups is 1. The Bertz CT molecular complexity index is 1040. The largest absolute Gasteiger partial charge is 0.457 e. The lowest BCUT2D eigenvalue weighted by atomic mass is 10.2. The van der Waals surface area contributed by atoms with E-state index in [1.165, 1.54) is 11.8 Å². The molecule has 2 heterocycles. The van der Waals surface area contributed by atoms with Crippen LogP contribution in [0.25, 0.3) is 0 Å². The monoisotopic (exact) mass is 433 g/mol. The molecule has 1 fully saturated rings. The predicted molar refractivity (Wildman–Crippen MR) is 122 cm³/mol. The van der Waals surface area contributed by atoms with Crippen molar-refractivity contribution in [2.45, 2.75) is 17.7 Å². The molecule has 0 saturated carbocycles. The van der Waals surface area contributed by atoms with Gasteiger partial charge < -0.3 is 15.0 Å². The van der Waals surface area contributed by atoms with Crippen molar-refractivity contribution in [3.63, 3.8) is 0 Å². The number of rotatable bonds is 7. The highest BCUT2D eigenvalue weighted by Gasteiger charge is 2.19. The van der Waals surface area contributed by atoms with Gasteiger partial charge in [0.1, 0.15) is 11.5 Å². The number of pyridine rings is 1. The lowest BCUT2D eigenvalue weighted by Gasteiger charge is -2.15. The summed E-state index contributed by atoms with van der Waals surface area (Å²) in [5.41, 5.74) is 1.22. The van der Waals surface area contributed by atoms with Crippen LogP contribution in [-0.4, -0.2) is 40.5 Å². The number of carbonyl (C=O) groups excluding carboxylic acids is 2. The summed E-state index contributed by atoms with van der Waals surface area (Å²) in [5, 5.41) is 2.92. The molecule has 0 radical (unpaired) electrons. The third kappa shape index (κ3) is 5.64. The summed E-state index contributed by atoms with van der Waals surface area (Å²) in [5.74, 6) is 1.62. The summed E-state index contributed by atoms with van der Waals surface area (Å²) in [7, 11) is 0. The van der Waals surface area contributed by atoms with Gasteiger partial charge >= 0.3 is 0 Å². The number of nitrogens with zero attached hydrogens (tertiary/aromatic N) is 2. The fourth-order valence-corrected chi connectivity index (χ4v) is 4.28. The Morgan fingerprint density at radius 3 is 2.35 bits per heavy atom. The van der Waals surface area contributed by atoms with E-state index >= 15 is 0 Å². The Morgan fingerprint density at radius 1 is 0.935 bits per heavy atom. The van der Waals surface area contributed by atoms with Gasteiger partial charge in [-0.3, -0.25) is 14.6 Å². The molecule has 0 atom stereocenters. The lowest BCUT2D eigenvalue weighted by Crippen LogP contribution is -2.29. The first kappa shape index (κ1) is 20.9. The van der Waals surface area contributed by atoms with Gasteiger partial charge in [-0.15, -0.1) is 11.8 Å². The lowest BCUT2D eigenvalue weighted by molar-refractivity contribution is -0.127. The van der Waals surface area contributed by atoms with Gasteiger partial charge in [0.25, 0.3) is 5.91 Å². The number of likely N-dealkylation sites (tertiary alicyclic amines) is 1. The van der Waals surface area contributed by atoms with Gasteiger partial charge in [0.2, 0.25) is 5.91 Å². The van der Waals surface area contributed by atoms with Gasteiger partial charge in [-0.1, -0.05) is 12.1 Å². The molecule has 6 nitrogen and oxygen atoms in total. The second kappa shape index (κ2) is 10.1. The molecule has 0 spiro atoms. The number of anilines is 1. The molecule has 7 heteroatoms. The van der Waals surface area contributed by atoms with Gasteiger partial charge in [-0.05, 0) is 61.4 Å². The van der Waals surface area contributed by atoms with Crippen molar-refractivity contribution in [1.82, 2.24) is 9.88 Å². The highest BCUT2D eigenvalue weighted by molar-refractivity contribution is 8.00. The fourth-order valence-electron chi connectivity index (χ4n) is 3.32. The van der Waals surface area contributed by atoms with E-state index in [0.29, 0.717) is 28.5 Å². The van der Waals surface area contributed by atoms with Crippen molar-refractivity contribution in [1.29, 1.82) is 0 Å². The molecule has 1 saturated heterocycles. The number of benzene rings is 2. The Balaban J connectivity index is 1.37. The van der Waals surface area contributed by atoms with Crippen LogP contribution in [0.15, 0.2) is 78.0 Å². The minimum Gasteiger partial charge on any atom is -0.457 e. The van der Waals surface area contributed by atoms with Gasteiger partial charge in [-0.25, -0.2) is 0 Å². The van der Waals surface area contributed by atoms with E-state index in [1.54, 1.807) is 54.9 Å². The highest BCUT2D eigenvalue weighted by atomic mass is 32.2. The molecule has 0 bridgehead atoms. The van der Waals surface area contributed by atoms with Gasteiger partial charge in [0.05, 0.1) is 11.3 Å². The number of amides is 2. The third-order valence-electron chi connectivity index (χ3n) is 4.94. The second-order valence-corrected chi connectivity index (χ2v) is 8.15. The van der Waals surface area contributed by atoms with Crippen molar-refractivity contribution in [3.8, 4) is 11.5 Å². The van der Waals surface area contributed by atoms with Gasteiger partial charge in [-0.2, -0.15) is 0 Å². The first-order chi connectivity index (χ1) is 15.2. The summed E-state index contributed by atoms with van der Waals surface area (Å²) in [6.45, 7) is 1.67. The first-order valence-electron chi connectivity index (χ1n) is 10.2. The van der Waals surface area contributed by atoms with E-state index < -0.39 is 0 Å². The van der Waals surface area contributed by atoms with Crippen LogP contribution in [0.2, 0.25) is 0 Å². The van der Waals surface area contributed by atoms with Crippen LogP contribution in [0.1, 0.15) is 23.2 Å². The van der Waals surface area contributed by atoms with Gasteiger partial charge in [0, 0.05) is 36.1 Å².